The van der Waals surface area contributed by atoms with Gasteiger partial charge in [-0.25, -0.2) is 0 Å². The van der Waals surface area contributed by atoms with Crippen molar-refractivity contribution in [1.82, 2.24) is 4.90 Å². The SMILES string of the molecule is CCN(CC)C(=O)C(=S)Nc1ccc(OC)cc1. The summed E-state index contributed by atoms with van der Waals surface area (Å²) in [5, 5.41) is 2.93. The molecule has 0 saturated carbocycles. The molecule has 5 heteroatoms. The Labute approximate surface area is 113 Å². The summed E-state index contributed by atoms with van der Waals surface area (Å²) in [5.74, 6) is 0.618. The molecule has 1 amide bonds. The number of methoxy groups -OCH3 is 1. The first kappa shape index (κ1) is 14.4. The number of thiocarbonyl (C=S) groups is 1. The molecule has 0 saturated heterocycles. The Morgan fingerprint density at radius 2 is 1.83 bits per heavy atom. The third-order valence-electron chi connectivity index (χ3n) is 2.59. The number of nitrogens with zero attached hydrogens (tertiary/aromatic N) is 1. The van der Waals surface area contributed by atoms with E-state index in [0.717, 1.165) is 11.4 Å². The highest BCUT2D eigenvalue weighted by molar-refractivity contribution is 7.82. The number of carbonyl (C=O) groups is 1. The van der Waals surface area contributed by atoms with Crippen LogP contribution >= 0.6 is 12.2 Å². The van der Waals surface area contributed by atoms with Crippen LogP contribution in [0.4, 0.5) is 5.69 Å². The molecule has 1 N–H and O–H groups in total. The quantitative estimate of drug-likeness (QED) is 0.849. The summed E-state index contributed by atoms with van der Waals surface area (Å²) < 4.78 is 5.06. The molecule has 1 rings (SSSR count). The lowest BCUT2D eigenvalue weighted by Crippen LogP contribution is -2.38. The molecule has 0 bridgehead atoms. The molecule has 98 valence electrons. The summed E-state index contributed by atoms with van der Waals surface area (Å²) in [7, 11) is 1.61. The maximum absolute atomic E-state index is 11.9. The lowest BCUT2D eigenvalue weighted by Gasteiger charge is -2.19. The van der Waals surface area contributed by atoms with E-state index in [0.29, 0.717) is 13.1 Å². The van der Waals surface area contributed by atoms with E-state index in [9.17, 15) is 4.79 Å². The van der Waals surface area contributed by atoms with E-state index >= 15 is 0 Å². The number of hydrogen-bond donors (Lipinski definition) is 1. The predicted molar refractivity (Wildman–Crippen MR) is 77.1 cm³/mol. The van der Waals surface area contributed by atoms with Crippen molar-refractivity contribution in [3.63, 3.8) is 0 Å². The van der Waals surface area contributed by atoms with Crippen molar-refractivity contribution in [1.29, 1.82) is 0 Å². The summed E-state index contributed by atoms with van der Waals surface area (Å²) in [4.78, 5) is 13.8. The fourth-order valence-corrected chi connectivity index (χ4v) is 1.76. The molecular weight excluding hydrogens is 248 g/mol. The third-order valence-corrected chi connectivity index (χ3v) is 2.87. The van der Waals surface area contributed by atoms with Crippen LogP contribution in [0.1, 0.15) is 13.8 Å². The molecular formula is C13H18N2O2S. The van der Waals surface area contributed by atoms with Crippen LogP contribution in [0.2, 0.25) is 0 Å². The molecule has 0 spiro atoms. The third kappa shape index (κ3) is 3.70. The summed E-state index contributed by atoms with van der Waals surface area (Å²) in [6.07, 6.45) is 0. The molecule has 0 atom stereocenters. The molecule has 1 aromatic carbocycles. The van der Waals surface area contributed by atoms with Crippen molar-refractivity contribution in [3.05, 3.63) is 24.3 Å². The van der Waals surface area contributed by atoms with Crippen LogP contribution in [-0.4, -0.2) is 36.0 Å². The smallest absolute Gasteiger partial charge is 0.281 e. The molecule has 0 aromatic heterocycles. The highest BCUT2D eigenvalue weighted by Gasteiger charge is 2.15. The van der Waals surface area contributed by atoms with Crippen molar-refractivity contribution in [3.8, 4) is 5.75 Å². The first-order valence-corrected chi connectivity index (χ1v) is 6.27. The van der Waals surface area contributed by atoms with Gasteiger partial charge in [-0.2, -0.15) is 0 Å². The molecule has 4 nitrogen and oxygen atoms in total. The largest absolute Gasteiger partial charge is 0.497 e. The van der Waals surface area contributed by atoms with Crippen LogP contribution in [0.3, 0.4) is 0 Å². The van der Waals surface area contributed by atoms with Crippen LogP contribution < -0.4 is 10.1 Å². The van der Waals surface area contributed by atoms with E-state index < -0.39 is 0 Å². The van der Waals surface area contributed by atoms with Crippen LogP contribution in [-0.2, 0) is 4.79 Å². The van der Waals surface area contributed by atoms with Crippen molar-refractivity contribution in [2.24, 2.45) is 0 Å². The average molecular weight is 266 g/mol. The first-order chi connectivity index (χ1) is 8.62. The maximum Gasteiger partial charge on any atom is 0.281 e. The predicted octanol–water partition coefficient (Wildman–Crippen LogP) is 2.30. The Kier molecular flexibility index (Phi) is 5.58. The average Bonchev–Trinajstić information content (AvgIpc) is 2.40. The van der Waals surface area contributed by atoms with Gasteiger partial charge >= 0.3 is 0 Å². The normalized spacial score (nSPS) is 9.72. The molecule has 0 aliphatic heterocycles. The second-order valence-electron chi connectivity index (χ2n) is 3.66. The lowest BCUT2D eigenvalue weighted by atomic mass is 10.3. The van der Waals surface area contributed by atoms with Crippen molar-refractivity contribution < 1.29 is 9.53 Å². The molecule has 0 unspecified atom stereocenters. The summed E-state index contributed by atoms with van der Waals surface area (Å²) in [6, 6.07) is 7.26. The van der Waals surface area contributed by atoms with E-state index in [-0.39, 0.29) is 10.9 Å². The van der Waals surface area contributed by atoms with Gasteiger partial charge < -0.3 is 15.0 Å². The van der Waals surface area contributed by atoms with Gasteiger partial charge in [-0.15, -0.1) is 0 Å². The summed E-state index contributed by atoms with van der Waals surface area (Å²) in [5.41, 5.74) is 0.779. The number of amides is 1. The van der Waals surface area contributed by atoms with Gasteiger partial charge in [-0.3, -0.25) is 4.79 Å². The minimum atomic E-state index is -0.147. The van der Waals surface area contributed by atoms with Crippen LogP contribution in [0, 0.1) is 0 Å². The van der Waals surface area contributed by atoms with Crippen molar-refractivity contribution in [2.45, 2.75) is 13.8 Å². The highest BCUT2D eigenvalue weighted by atomic mass is 32.1. The number of carbonyl (C=O) groups excluding carboxylic acids is 1. The number of hydrogen-bond acceptors (Lipinski definition) is 3. The Morgan fingerprint density at radius 1 is 1.28 bits per heavy atom. The Morgan fingerprint density at radius 3 is 2.28 bits per heavy atom. The van der Waals surface area contributed by atoms with Gasteiger partial charge in [0.15, 0.2) is 4.99 Å². The van der Waals surface area contributed by atoms with Crippen LogP contribution in [0.5, 0.6) is 5.75 Å². The zero-order valence-electron chi connectivity index (χ0n) is 10.9. The zero-order chi connectivity index (χ0) is 13.5. The minimum Gasteiger partial charge on any atom is -0.497 e. The fraction of sp³-hybridized carbons (Fsp3) is 0.385. The van der Waals surface area contributed by atoms with E-state index in [4.69, 9.17) is 17.0 Å². The van der Waals surface area contributed by atoms with Gasteiger partial charge in [-0.1, -0.05) is 12.2 Å². The summed E-state index contributed by atoms with van der Waals surface area (Å²) >= 11 is 5.10. The number of likely N-dealkylation sites (N-methyl/N-ethyl adjacent to an activating group) is 1. The molecule has 0 aliphatic rings. The monoisotopic (exact) mass is 266 g/mol. The van der Waals surface area contributed by atoms with E-state index in [1.165, 1.54) is 0 Å². The van der Waals surface area contributed by atoms with Gasteiger partial charge in [0.1, 0.15) is 5.75 Å². The first-order valence-electron chi connectivity index (χ1n) is 5.86. The van der Waals surface area contributed by atoms with Crippen LogP contribution in [0.25, 0.3) is 0 Å². The van der Waals surface area contributed by atoms with E-state index in [1.54, 1.807) is 12.0 Å². The van der Waals surface area contributed by atoms with Crippen LogP contribution in [0.15, 0.2) is 24.3 Å². The molecule has 0 fully saturated rings. The van der Waals surface area contributed by atoms with E-state index in [1.807, 2.05) is 38.1 Å². The molecule has 0 aliphatic carbocycles. The van der Waals surface area contributed by atoms with Gasteiger partial charge in [-0.05, 0) is 38.1 Å². The Hall–Kier alpha value is -1.62. The zero-order valence-corrected chi connectivity index (χ0v) is 11.7. The summed E-state index contributed by atoms with van der Waals surface area (Å²) in [6.45, 7) is 5.16. The lowest BCUT2D eigenvalue weighted by molar-refractivity contribution is -0.123. The molecule has 18 heavy (non-hydrogen) atoms. The van der Waals surface area contributed by atoms with E-state index in [2.05, 4.69) is 5.32 Å². The number of anilines is 1. The molecule has 1 aromatic rings. The van der Waals surface area contributed by atoms with Crippen molar-refractivity contribution in [2.75, 3.05) is 25.5 Å². The molecule has 0 radical (unpaired) electrons. The van der Waals surface area contributed by atoms with Gasteiger partial charge in [0.2, 0.25) is 0 Å². The number of nitrogens with one attached hydrogen (secondary N) is 1. The van der Waals surface area contributed by atoms with Crippen molar-refractivity contribution >= 4 is 28.8 Å². The standard InChI is InChI=1S/C13H18N2O2S/c1-4-15(5-2)13(16)12(18)14-10-6-8-11(17-3)9-7-10/h6-9H,4-5H2,1-3H3,(H,14,18). The topological polar surface area (TPSA) is 41.6 Å². The van der Waals surface area contributed by atoms with Gasteiger partial charge in [0, 0.05) is 18.8 Å². The second-order valence-corrected chi connectivity index (χ2v) is 4.07. The highest BCUT2D eigenvalue weighted by Crippen LogP contribution is 2.15. The second kappa shape index (κ2) is 6.96. The van der Waals surface area contributed by atoms with Gasteiger partial charge in [0.05, 0.1) is 7.11 Å². The fourth-order valence-electron chi connectivity index (χ4n) is 1.51. The Balaban J connectivity index is 2.66. The Bertz CT molecular complexity index is 414. The minimum absolute atomic E-state index is 0.147. The maximum atomic E-state index is 11.9. The number of ether oxygens (including phenoxy) is 1. The molecule has 0 heterocycles. The number of rotatable bonds is 4. The number of benzene rings is 1. The van der Waals surface area contributed by atoms with Gasteiger partial charge in [0.25, 0.3) is 5.91 Å².